The molecule has 15 heteroatoms. The maximum Gasteiger partial charge on any atom is 0.490 e. The molecule has 214 valence electrons. The van der Waals surface area contributed by atoms with Gasteiger partial charge in [0.15, 0.2) is 0 Å². The molecule has 1 aromatic heterocycles. The van der Waals surface area contributed by atoms with Crippen molar-refractivity contribution < 1.29 is 55.7 Å². The van der Waals surface area contributed by atoms with E-state index in [0.29, 0.717) is 0 Å². The average molecular weight is 557 g/mol. The van der Waals surface area contributed by atoms with Crippen LogP contribution in [0.25, 0.3) is 0 Å². The number of carbonyl (C=O) groups is 3. The van der Waals surface area contributed by atoms with Crippen molar-refractivity contribution in [1.29, 1.82) is 0 Å². The number of hydrogen-bond acceptors (Lipinski definition) is 6. The van der Waals surface area contributed by atoms with Gasteiger partial charge in [0.05, 0.1) is 5.60 Å². The molecule has 3 heterocycles. The van der Waals surface area contributed by atoms with Crippen LogP contribution in [-0.4, -0.2) is 81.6 Å². The molecule has 1 spiro atoms. The molecule has 1 aromatic rings. The van der Waals surface area contributed by atoms with E-state index >= 15 is 0 Å². The number of carboxylic acids is 2. The summed E-state index contributed by atoms with van der Waals surface area (Å²) in [6.45, 7) is 3.86. The lowest BCUT2D eigenvalue weighted by Crippen LogP contribution is -2.45. The molecule has 1 saturated carbocycles. The van der Waals surface area contributed by atoms with Gasteiger partial charge in [-0.1, -0.05) is 6.07 Å². The molecule has 1 unspecified atom stereocenters. The fourth-order valence-electron chi connectivity index (χ4n) is 3.92. The standard InChI is InChI=1S/C19H27N3O2.2C2HF3O2/c23-18(21-13-15-3-4-15)17-5-6-19(24-17)7-10-22(11-8-19)14-16-2-1-9-20-12-16;2*3-2(4,5)1(6)7/h1-2,9,12,15,17H,3-8,10-11,13-14H2,(H,21,23);2*(H,6,7). The molecule has 0 bridgehead atoms. The Morgan fingerprint density at radius 1 is 1.00 bits per heavy atom. The van der Waals surface area contributed by atoms with Gasteiger partial charge in [-0.05, 0) is 56.1 Å². The SMILES string of the molecule is O=C(NCC1CC1)C1CCC2(CCN(Cc3cccnc3)CC2)O1.O=C(O)C(F)(F)F.O=C(O)C(F)(F)F. The van der Waals surface area contributed by atoms with Crippen molar-refractivity contribution in [1.82, 2.24) is 15.2 Å². The topological polar surface area (TPSA) is 129 Å². The zero-order valence-corrected chi connectivity index (χ0v) is 20.2. The molecule has 2 aliphatic heterocycles. The maximum absolute atomic E-state index is 12.3. The molecule has 1 aliphatic carbocycles. The van der Waals surface area contributed by atoms with E-state index in [4.69, 9.17) is 24.5 Å². The van der Waals surface area contributed by atoms with E-state index in [1.165, 1.54) is 18.4 Å². The molecular weight excluding hydrogens is 528 g/mol. The normalized spacial score (nSPS) is 20.9. The number of piperidine rings is 1. The van der Waals surface area contributed by atoms with Crippen LogP contribution in [0, 0.1) is 5.92 Å². The van der Waals surface area contributed by atoms with Crippen LogP contribution in [0.2, 0.25) is 0 Å². The third kappa shape index (κ3) is 10.8. The van der Waals surface area contributed by atoms with Gasteiger partial charge in [0, 0.05) is 38.6 Å². The number of ether oxygens (including phenoxy) is 1. The Hall–Kier alpha value is -2.94. The van der Waals surface area contributed by atoms with Crippen molar-refractivity contribution in [2.45, 2.75) is 69.1 Å². The van der Waals surface area contributed by atoms with Crippen LogP contribution in [0.1, 0.15) is 44.1 Å². The number of aromatic nitrogens is 1. The first-order valence-electron chi connectivity index (χ1n) is 11.8. The lowest BCUT2D eigenvalue weighted by atomic mass is 9.88. The first-order valence-corrected chi connectivity index (χ1v) is 11.8. The van der Waals surface area contributed by atoms with Crippen LogP contribution in [0.5, 0.6) is 0 Å². The Balaban J connectivity index is 0.000000301. The highest BCUT2D eigenvalue weighted by Gasteiger charge is 2.45. The van der Waals surface area contributed by atoms with Crippen molar-refractivity contribution >= 4 is 17.8 Å². The molecule has 0 radical (unpaired) electrons. The van der Waals surface area contributed by atoms with Gasteiger partial charge in [-0.3, -0.25) is 14.7 Å². The maximum atomic E-state index is 12.3. The lowest BCUT2D eigenvalue weighted by Gasteiger charge is -2.39. The summed E-state index contributed by atoms with van der Waals surface area (Å²) in [6.07, 6.45) is -0.154. The molecule has 3 aliphatic rings. The lowest BCUT2D eigenvalue weighted by molar-refractivity contribution is -0.193. The van der Waals surface area contributed by atoms with Crippen molar-refractivity contribution in [3.8, 4) is 0 Å². The second-order valence-electron chi connectivity index (χ2n) is 9.26. The highest BCUT2D eigenvalue weighted by molar-refractivity contribution is 5.81. The third-order valence-corrected chi connectivity index (χ3v) is 6.19. The Morgan fingerprint density at radius 3 is 2.00 bits per heavy atom. The van der Waals surface area contributed by atoms with Crippen molar-refractivity contribution in [2.24, 2.45) is 5.92 Å². The molecule has 0 aromatic carbocycles. The fraction of sp³-hybridized carbons (Fsp3) is 0.652. The Bertz CT molecular complexity index is 908. The molecule has 9 nitrogen and oxygen atoms in total. The van der Waals surface area contributed by atoms with E-state index in [-0.39, 0.29) is 17.6 Å². The highest BCUT2D eigenvalue weighted by Crippen LogP contribution is 2.39. The number of amides is 1. The quantitative estimate of drug-likeness (QED) is 0.470. The first kappa shape index (κ1) is 31.3. The Kier molecular flexibility index (Phi) is 10.9. The number of aliphatic carboxylic acids is 2. The van der Waals surface area contributed by atoms with Gasteiger partial charge in [0.1, 0.15) is 6.10 Å². The molecule has 3 fully saturated rings. The number of rotatable bonds is 5. The minimum Gasteiger partial charge on any atom is -0.475 e. The molecular formula is C23H29F6N3O6. The fourth-order valence-corrected chi connectivity index (χ4v) is 3.92. The van der Waals surface area contributed by atoms with Crippen LogP contribution in [-0.2, 0) is 25.7 Å². The summed E-state index contributed by atoms with van der Waals surface area (Å²) >= 11 is 0. The third-order valence-electron chi connectivity index (χ3n) is 6.19. The summed E-state index contributed by atoms with van der Waals surface area (Å²) in [5.41, 5.74) is 1.20. The van der Waals surface area contributed by atoms with Gasteiger partial charge in [-0.25, -0.2) is 9.59 Å². The smallest absolute Gasteiger partial charge is 0.475 e. The number of likely N-dealkylation sites (tertiary alicyclic amines) is 1. The van der Waals surface area contributed by atoms with Crippen LogP contribution < -0.4 is 5.32 Å². The van der Waals surface area contributed by atoms with Gasteiger partial charge in [-0.15, -0.1) is 0 Å². The van der Waals surface area contributed by atoms with Gasteiger partial charge in [0.25, 0.3) is 0 Å². The summed E-state index contributed by atoms with van der Waals surface area (Å²) in [7, 11) is 0. The number of alkyl halides is 6. The largest absolute Gasteiger partial charge is 0.490 e. The van der Waals surface area contributed by atoms with E-state index in [1.54, 1.807) is 0 Å². The minimum atomic E-state index is -5.08. The molecule has 4 rings (SSSR count). The number of pyridine rings is 1. The summed E-state index contributed by atoms with van der Waals surface area (Å²) in [6, 6.07) is 4.12. The molecule has 1 atom stereocenters. The van der Waals surface area contributed by atoms with E-state index in [1.807, 2.05) is 18.5 Å². The molecule has 38 heavy (non-hydrogen) atoms. The van der Waals surface area contributed by atoms with Gasteiger partial charge >= 0.3 is 24.3 Å². The van der Waals surface area contributed by atoms with E-state index in [0.717, 1.165) is 57.8 Å². The van der Waals surface area contributed by atoms with Gasteiger partial charge in [-0.2, -0.15) is 26.3 Å². The number of nitrogens with one attached hydrogen (secondary N) is 1. The van der Waals surface area contributed by atoms with Gasteiger partial charge < -0.3 is 20.3 Å². The van der Waals surface area contributed by atoms with Crippen molar-refractivity contribution in [2.75, 3.05) is 19.6 Å². The summed E-state index contributed by atoms with van der Waals surface area (Å²) in [5.74, 6) is -4.68. The van der Waals surface area contributed by atoms with Crippen molar-refractivity contribution in [3.05, 3.63) is 30.1 Å². The zero-order valence-electron chi connectivity index (χ0n) is 20.2. The van der Waals surface area contributed by atoms with Crippen LogP contribution in [0.15, 0.2) is 24.5 Å². The minimum absolute atomic E-state index is 0.0625. The summed E-state index contributed by atoms with van der Waals surface area (Å²) < 4.78 is 69.7. The number of halogens is 6. The predicted molar refractivity (Wildman–Crippen MR) is 119 cm³/mol. The predicted octanol–water partition coefficient (Wildman–Crippen LogP) is 3.39. The summed E-state index contributed by atoms with van der Waals surface area (Å²) in [4.78, 5) is 36.7. The summed E-state index contributed by atoms with van der Waals surface area (Å²) in [5, 5.41) is 17.3. The number of carboxylic acid groups (broad SMARTS) is 2. The molecule has 2 saturated heterocycles. The first-order chi connectivity index (χ1) is 17.6. The number of carbonyl (C=O) groups excluding carboxylic acids is 1. The zero-order chi connectivity index (χ0) is 28.6. The Labute approximate surface area is 214 Å². The average Bonchev–Trinajstić information content (AvgIpc) is 3.58. The van der Waals surface area contributed by atoms with Gasteiger partial charge in [0.2, 0.25) is 5.91 Å². The van der Waals surface area contributed by atoms with Crippen molar-refractivity contribution in [3.63, 3.8) is 0 Å². The van der Waals surface area contributed by atoms with E-state index < -0.39 is 24.3 Å². The van der Waals surface area contributed by atoms with Crippen LogP contribution in [0.4, 0.5) is 26.3 Å². The highest BCUT2D eigenvalue weighted by atomic mass is 19.4. The second kappa shape index (κ2) is 13.2. The van der Waals surface area contributed by atoms with Crippen LogP contribution in [0.3, 0.4) is 0 Å². The van der Waals surface area contributed by atoms with E-state index in [2.05, 4.69) is 21.3 Å². The monoisotopic (exact) mass is 557 g/mol. The van der Waals surface area contributed by atoms with E-state index in [9.17, 15) is 31.1 Å². The Morgan fingerprint density at radius 2 is 1.55 bits per heavy atom. The van der Waals surface area contributed by atoms with Crippen LogP contribution >= 0.6 is 0 Å². The second-order valence-corrected chi connectivity index (χ2v) is 9.26. The molecule has 1 amide bonds. The molecule has 3 N–H and O–H groups in total. The number of hydrogen-bond donors (Lipinski definition) is 3. The number of nitrogens with zero attached hydrogens (tertiary/aromatic N) is 2.